The molecule has 1 amide bonds. The second kappa shape index (κ2) is 6.68. The number of benzene rings is 1. The van der Waals surface area contributed by atoms with Gasteiger partial charge in [-0.3, -0.25) is 10.1 Å². The first-order valence-electron chi connectivity index (χ1n) is 6.83. The van der Waals surface area contributed by atoms with Gasteiger partial charge in [0.05, 0.1) is 25.4 Å². The average Bonchev–Trinajstić information content (AvgIpc) is 2.79. The largest absolute Gasteiger partial charge is 0.383 e. The minimum atomic E-state index is -0.103. The van der Waals surface area contributed by atoms with Gasteiger partial charge in [0.15, 0.2) is 0 Å². The van der Waals surface area contributed by atoms with E-state index in [-0.39, 0.29) is 18.0 Å². The number of hydrogen-bond acceptors (Lipinski definition) is 3. The Morgan fingerprint density at radius 3 is 2.79 bits per heavy atom. The predicted molar refractivity (Wildman–Crippen MR) is 74.7 cm³/mol. The summed E-state index contributed by atoms with van der Waals surface area (Å²) in [4.78, 5) is 14.3. The van der Waals surface area contributed by atoms with Gasteiger partial charge in [0.1, 0.15) is 0 Å². The van der Waals surface area contributed by atoms with Crippen molar-refractivity contribution < 1.29 is 9.53 Å². The molecule has 0 aliphatic carbocycles. The molecule has 2 rings (SSSR count). The molecule has 1 N–H and O–H groups in total. The number of nitrogens with one attached hydrogen (secondary N) is 1. The van der Waals surface area contributed by atoms with Crippen LogP contribution in [-0.2, 0) is 16.0 Å². The van der Waals surface area contributed by atoms with E-state index in [9.17, 15) is 4.79 Å². The maximum absolute atomic E-state index is 12.4. The highest BCUT2D eigenvalue weighted by Gasteiger charge is 2.34. The van der Waals surface area contributed by atoms with Crippen LogP contribution in [0.3, 0.4) is 0 Å². The summed E-state index contributed by atoms with van der Waals surface area (Å²) in [6.45, 7) is 3.31. The third-order valence-corrected chi connectivity index (χ3v) is 3.64. The maximum Gasteiger partial charge on any atom is 0.241 e. The Morgan fingerprint density at radius 2 is 2.16 bits per heavy atom. The molecule has 0 saturated carbocycles. The highest BCUT2D eigenvalue weighted by Crippen LogP contribution is 2.15. The van der Waals surface area contributed by atoms with E-state index in [1.54, 1.807) is 7.11 Å². The number of amides is 1. The molecule has 4 nitrogen and oxygen atoms in total. The Morgan fingerprint density at radius 1 is 1.42 bits per heavy atom. The van der Waals surface area contributed by atoms with Gasteiger partial charge in [-0.1, -0.05) is 37.3 Å². The molecule has 2 atom stereocenters. The van der Waals surface area contributed by atoms with Crippen LogP contribution in [-0.4, -0.2) is 43.3 Å². The molecule has 19 heavy (non-hydrogen) atoms. The van der Waals surface area contributed by atoms with Gasteiger partial charge in [0.2, 0.25) is 5.91 Å². The molecule has 0 aromatic heterocycles. The third-order valence-electron chi connectivity index (χ3n) is 3.64. The summed E-state index contributed by atoms with van der Waals surface area (Å²) >= 11 is 0. The van der Waals surface area contributed by atoms with Gasteiger partial charge in [-0.05, 0) is 18.4 Å². The Hall–Kier alpha value is -1.39. The number of ether oxygens (including phenoxy) is 1. The minimum absolute atomic E-state index is 0.103. The van der Waals surface area contributed by atoms with Crippen molar-refractivity contribution in [1.29, 1.82) is 0 Å². The fourth-order valence-electron chi connectivity index (χ4n) is 2.51. The van der Waals surface area contributed by atoms with Crippen LogP contribution in [0.1, 0.15) is 18.9 Å². The first-order chi connectivity index (χ1) is 9.26. The van der Waals surface area contributed by atoms with Crippen LogP contribution in [0.2, 0.25) is 0 Å². The van der Waals surface area contributed by atoms with Crippen molar-refractivity contribution in [3.05, 3.63) is 35.9 Å². The molecular formula is C15H22N2O2. The van der Waals surface area contributed by atoms with Crippen molar-refractivity contribution >= 4 is 5.91 Å². The normalized spacial score (nSPS) is 20.8. The van der Waals surface area contributed by atoms with Crippen molar-refractivity contribution in [3.63, 3.8) is 0 Å². The van der Waals surface area contributed by atoms with E-state index >= 15 is 0 Å². The molecule has 1 fully saturated rings. The minimum Gasteiger partial charge on any atom is -0.383 e. The van der Waals surface area contributed by atoms with E-state index in [4.69, 9.17) is 4.74 Å². The summed E-state index contributed by atoms with van der Waals surface area (Å²) in [5.74, 6) is 0.188. The summed E-state index contributed by atoms with van der Waals surface area (Å²) < 4.78 is 5.19. The highest BCUT2D eigenvalue weighted by molar-refractivity contribution is 5.84. The van der Waals surface area contributed by atoms with Gasteiger partial charge in [-0.15, -0.1) is 0 Å². The van der Waals surface area contributed by atoms with Gasteiger partial charge in [-0.25, -0.2) is 0 Å². The Balaban J connectivity index is 1.97. The van der Waals surface area contributed by atoms with Crippen molar-refractivity contribution in [1.82, 2.24) is 10.2 Å². The molecule has 0 spiro atoms. The molecule has 1 aromatic carbocycles. The summed E-state index contributed by atoms with van der Waals surface area (Å²) in [7, 11) is 1.68. The highest BCUT2D eigenvalue weighted by atomic mass is 16.5. The average molecular weight is 262 g/mol. The van der Waals surface area contributed by atoms with Crippen molar-refractivity contribution in [3.8, 4) is 0 Å². The zero-order valence-electron chi connectivity index (χ0n) is 11.6. The van der Waals surface area contributed by atoms with E-state index in [2.05, 4.69) is 24.4 Å². The van der Waals surface area contributed by atoms with E-state index in [1.807, 2.05) is 23.1 Å². The topological polar surface area (TPSA) is 41.6 Å². The molecule has 0 radical (unpaired) electrons. The van der Waals surface area contributed by atoms with Crippen molar-refractivity contribution in [2.45, 2.75) is 31.8 Å². The molecule has 1 aliphatic heterocycles. The van der Waals surface area contributed by atoms with Crippen LogP contribution in [0.25, 0.3) is 0 Å². The quantitative estimate of drug-likeness (QED) is 0.843. The lowest BCUT2D eigenvalue weighted by molar-refractivity contribution is -0.131. The van der Waals surface area contributed by atoms with Gasteiger partial charge in [0.25, 0.3) is 0 Å². The second-order valence-corrected chi connectivity index (χ2v) is 4.93. The van der Waals surface area contributed by atoms with Gasteiger partial charge < -0.3 is 9.64 Å². The first-order valence-corrected chi connectivity index (χ1v) is 6.83. The molecule has 1 aromatic rings. The number of carbonyl (C=O) groups excluding carboxylic acids is 1. The Bertz CT molecular complexity index is 408. The van der Waals surface area contributed by atoms with Crippen LogP contribution in [0.15, 0.2) is 30.3 Å². The van der Waals surface area contributed by atoms with Crippen molar-refractivity contribution in [2.75, 3.05) is 20.4 Å². The van der Waals surface area contributed by atoms with Gasteiger partial charge >= 0.3 is 0 Å². The van der Waals surface area contributed by atoms with Crippen LogP contribution in [0, 0.1) is 0 Å². The molecule has 1 saturated heterocycles. The number of methoxy groups -OCH3 is 1. The zero-order chi connectivity index (χ0) is 13.7. The molecule has 2 unspecified atom stereocenters. The maximum atomic E-state index is 12.4. The second-order valence-electron chi connectivity index (χ2n) is 4.93. The zero-order valence-corrected chi connectivity index (χ0v) is 11.6. The number of rotatable bonds is 6. The molecule has 4 heteroatoms. The number of carbonyl (C=O) groups is 1. The van der Waals surface area contributed by atoms with E-state index in [0.717, 1.165) is 12.8 Å². The fourth-order valence-corrected chi connectivity index (χ4v) is 2.51. The summed E-state index contributed by atoms with van der Waals surface area (Å²) in [5, 5.41) is 3.30. The number of hydrogen-bond donors (Lipinski definition) is 1. The van der Waals surface area contributed by atoms with E-state index < -0.39 is 0 Å². The van der Waals surface area contributed by atoms with Crippen LogP contribution < -0.4 is 5.32 Å². The summed E-state index contributed by atoms with van der Waals surface area (Å²) in [5.41, 5.74) is 1.19. The molecule has 104 valence electrons. The molecule has 0 bridgehead atoms. The fraction of sp³-hybridized carbons (Fsp3) is 0.533. The summed E-state index contributed by atoms with van der Waals surface area (Å²) in [6.07, 6.45) is 1.67. The van der Waals surface area contributed by atoms with Gasteiger partial charge in [-0.2, -0.15) is 0 Å². The predicted octanol–water partition coefficient (Wildman–Crippen LogP) is 1.41. The lowest BCUT2D eigenvalue weighted by atomic mass is 10.1. The van der Waals surface area contributed by atoms with Crippen LogP contribution in [0.4, 0.5) is 0 Å². The SMILES string of the molecule is CCC(COC)N1CNC(Cc2ccccc2)C1=O. The lowest BCUT2D eigenvalue weighted by Gasteiger charge is -2.25. The summed E-state index contributed by atoms with van der Waals surface area (Å²) in [6, 6.07) is 10.2. The Kier molecular flexibility index (Phi) is 4.93. The van der Waals surface area contributed by atoms with Crippen LogP contribution >= 0.6 is 0 Å². The third kappa shape index (κ3) is 3.33. The monoisotopic (exact) mass is 262 g/mol. The van der Waals surface area contributed by atoms with Gasteiger partial charge in [0, 0.05) is 7.11 Å². The molecule has 1 aliphatic rings. The molecule has 1 heterocycles. The van der Waals surface area contributed by atoms with E-state index in [0.29, 0.717) is 13.3 Å². The number of nitrogens with zero attached hydrogens (tertiary/aromatic N) is 1. The first kappa shape index (κ1) is 14.0. The van der Waals surface area contributed by atoms with Crippen LogP contribution in [0.5, 0.6) is 0 Å². The van der Waals surface area contributed by atoms with E-state index in [1.165, 1.54) is 5.56 Å². The lowest BCUT2D eigenvalue weighted by Crippen LogP contribution is -2.41. The standard InChI is InChI=1S/C15H22N2O2/c1-3-13(10-19-2)17-11-16-14(15(17)18)9-12-7-5-4-6-8-12/h4-8,13-14,16H,3,9-11H2,1-2H3. The smallest absolute Gasteiger partial charge is 0.241 e. The molecular weight excluding hydrogens is 240 g/mol. The van der Waals surface area contributed by atoms with Crippen molar-refractivity contribution in [2.24, 2.45) is 0 Å². The Labute approximate surface area is 114 Å².